The van der Waals surface area contributed by atoms with Crippen LogP contribution in [0.3, 0.4) is 0 Å². The van der Waals surface area contributed by atoms with Gasteiger partial charge in [0, 0.05) is 23.4 Å². The fourth-order valence-electron chi connectivity index (χ4n) is 3.34. The molecule has 3 heteroatoms. The number of fused-ring (bicyclic) bond motifs is 1. The van der Waals surface area contributed by atoms with Crippen LogP contribution in [0.15, 0.2) is 30.8 Å². The number of amides is 1. The van der Waals surface area contributed by atoms with Crippen molar-refractivity contribution < 1.29 is 4.79 Å². The van der Waals surface area contributed by atoms with E-state index in [0.29, 0.717) is 6.54 Å². The van der Waals surface area contributed by atoms with E-state index in [9.17, 15) is 4.79 Å². The Balaban J connectivity index is 2.06. The Bertz CT molecular complexity index is 480. The van der Waals surface area contributed by atoms with Gasteiger partial charge in [0.1, 0.15) is 0 Å². The zero-order valence-corrected chi connectivity index (χ0v) is 10.5. The van der Waals surface area contributed by atoms with Gasteiger partial charge in [-0.25, -0.2) is 0 Å². The molecule has 0 aromatic heterocycles. The molecule has 2 aliphatic rings. The van der Waals surface area contributed by atoms with Crippen LogP contribution in [0.4, 0.5) is 0 Å². The highest BCUT2D eigenvalue weighted by Gasteiger charge is 2.46. The number of benzene rings is 1. The number of hydrogen-bond acceptors (Lipinski definition) is 2. The van der Waals surface area contributed by atoms with Gasteiger partial charge in [-0.1, -0.05) is 37.6 Å². The molecule has 3 nitrogen and oxygen atoms in total. The maximum atomic E-state index is 12.6. The maximum Gasteiger partial charge on any atom is 0.259 e. The molecule has 1 heterocycles. The molecule has 0 saturated heterocycles. The number of carbonyl (C=O) groups excluding carboxylic acids is 1. The van der Waals surface area contributed by atoms with Gasteiger partial charge >= 0.3 is 0 Å². The molecule has 1 aliphatic heterocycles. The van der Waals surface area contributed by atoms with Crippen LogP contribution in [0.5, 0.6) is 0 Å². The minimum Gasteiger partial charge on any atom is -0.328 e. The minimum absolute atomic E-state index is 0.0722. The maximum absolute atomic E-state index is 12.6. The molecular formula is C15H18N2O. The van der Waals surface area contributed by atoms with Crippen LogP contribution in [0.1, 0.15) is 41.6 Å². The summed E-state index contributed by atoms with van der Waals surface area (Å²) in [7, 11) is 0. The van der Waals surface area contributed by atoms with Gasteiger partial charge in [0.2, 0.25) is 0 Å². The van der Waals surface area contributed by atoms with Gasteiger partial charge in [0.25, 0.3) is 5.91 Å². The lowest BCUT2D eigenvalue weighted by atomic mass is 9.95. The van der Waals surface area contributed by atoms with E-state index in [-0.39, 0.29) is 11.4 Å². The number of carbonyl (C=O) groups is 1. The Morgan fingerprint density at radius 1 is 1.22 bits per heavy atom. The highest BCUT2D eigenvalue weighted by Crippen LogP contribution is 2.43. The third-order valence-electron chi connectivity index (χ3n) is 4.33. The highest BCUT2D eigenvalue weighted by atomic mass is 16.2. The Kier molecular flexibility index (Phi) is 2.52. The van der Waals surface area contributed by atoms with Gasteiger partial charge < -0.3 is 10.6 Å². The number of nitrogens with zero attached hydrogens (tertiary/aromatic N) is 1. The van der Waals surface area contributed by atoms with E-state index < -0.39 is 0 Å². The summed E-state index contributed by atoms with van der Waals surface area (Å²) in [5.41, 5.74) is 8.32. The van der Waals surface area contributed by atoms with E-state index in [1.54, 1.807) is 0 Å². The molecule has 0 spiro atoms. The molecule has 1 amide bonds. The average Bonchev–Trinajstić information content (AvgIpc) is 2.96. The lowest BCUT2D eigenvalue weighted by Crippen LogP contribution is -2.51. The normalized spacial score (nSPS) is 21.5. The van der Waals surface area contributed by atoms with Crippen LogP contribution in [-0.2, 0) is 0 Å². The van der Waals surface area contributed by atoms with Crippen LogP contribution in [0.2, 0.25) is 0 Å². The monoisotopic (exact) mass is 242 g/mol. The van der Waals surface area contributed by atoms with Crippen LogP contribution in [-0.4, -0.2) is 22.9 Å². The quantitative estimate of drug-likeness (QED) is 0.865. The highest BCUT2D eigenvalue weighted by molar-refractivity contribution is 6.09. The van der Waals surface area contributed by atoms with E-state index in [1.807, 2.05) is 29.2 Å². The molecule has 1 fully saturated rings. The Morgan fingerprint density at radius 3 is 2.39 bits per heavy atom. The zero-order valence-electron chi connectivity index (χ0n) is 10.5. The number of nitrogens with two attached hydrogens (primary N) is 1. The van der Waals surface area contributed by atoms with Gasteiger partial charge in [-0.15, -0.1) is 0 Å². The Hall–Kier alpha value is -1.61. The first-order chi connectivity index (χ1) is 8.69. The van der Waals surface area contributed by atoms with Crippen molar-refractivity contribution in [2.45, 2.75) is 31.2 Å². The van der Waals surface area contributed by atoms with Gasteiger partial charge in [-0.05, 0) is 18.9 Å². The second kappa shape index (κ2) is 3.95. The lowest BCUT2D eigenvalue weighted by Gasteiger charge is -2.38. The molecule has 1 aliphatic carbocycles. The number of rotatable bonds is 2. The molecule has 1 aromatic carbocycles. The zero-order chi connectivity index (χ0) is 12.8. The van der Waals surface area contributed by atoms with Crippen LogP contribution < -0.4 is 5.73 Å². The summed E-state index contributed by atoms with van der Waals surface area (Å²) < 4.78 is 0. The van der Waals surface area contributed by atoms with Crippen LogP contribution in [0.25, 0.3) is 5.70 Å². The van der Waals surface area contributed by atoms with Gasteiger partial charge in [0.15, 0.2) is 0 Å². The lowest BCUT2D eigenvalue weighted by molar-refractivity contribution is 0.0698. The predicted octanol–water partition coefficient (Wildman–Crippen LogP) is 2.38. The smallest absolute Gasteiger partial charge is 0.259 e. The molecule has 0 bridgehead atoms. The molecular weight excluding hydrogens is 224 g/mol. The second-order valence-corrected chi connectivity index (χ2v) is 5.27. The van der Waals surface area contributed by atoms with Crippen molar-refractivity contribution in [2.24, 2.45) is 5.73 Å². The van der Waals surface area contributed by atoms with Crippen molar-refractivity contribution in [2.75, 3.05) is 6.54 Å². The Morgan fingerprint density at radius 2 is 1.83 bits per heavy atom. The van der Waals surface area contributed by atoms with E-state index in [0.717, 1.165) is 42.5 Å². The molecule has 18 heavy (non-hydrogen) atoms. The third-order valence-corrected chi connectivity index (χ3v) is 4.33. The predicted molar refractivity (Wildman–Crippen MR) is 71.9 cm³/mol. The van der Waals surface area contributed by atoms with Crippen molar-refractivity contribution in [1.29, 1.82) is 0 Å². The van der Waals surface area contributed by atoms with Crippen molar-refractivity contribution in [3.8, 4) is 0 Å². The molecule has 1 saturated carbocycles. The van der Waals surface area contributed by atoms with E-state index >= 15 is 0 Å². The summed E-state index contributed by atoms with van der Waals surface area (Å²) in [6, 6.07) is 7.69. The second-order valence-electron chi connectivity index (χ2n) is 5.27. The van der Waals surface area contributed by atoms with Gasteiger partial charge in [-0.3, -0.25) is 4.79 Å². The minimum atomic E-state index is -0.201. The van der Waals surface area contributed by atoms with Crippen molar-refractivity contribution in [1.82, 2.24) is 4.90 Å². The molecule has 0 atom stereocenters. The third kappa shape index (κ3) is 1.37. The summed E-state index contributed by atoms with van der Waals surface area (Å²) in [6.45, 7) is 4.63. The fourth-order valence-corrected chi connectivity index (χ4v) is 3.34. The van der Waals surface area contributed by atoms with Crippen molar-refractivity contribution >= 4 is 11.6 Å². The summed E-state index contributed by atoms with van der Waals surface area (Å²) in [5.74, 6) is 0.0722. The van der Waals surface area contributed by atoms with E-state index in [2.05, 4.69) is 6.58 Å². The first-order valence-corrected chi connectivity index (χ1v) is 6.52. The van der Waals surface area contributed by atoms with Crippen LogP contribution >= 0.6 is 0 Å². The molecule has 1 aromatic rings. The molecule has 2 N–H and O–H groups in total. The van der Waals surface area contributed by atoms with Crippen molar-refractivity contribution in [3.05, 3.63) is 42.0 Å². The summed E-state index contributed by atoms with van der Waals surface area (Å²) >= 11 is 0. The first kappa shape index (κ1) is 11.5. The Labute approximate surface area is 107 Å². The molecule has 0 radical (unpaired) electrons. The average molecular weight is 242 g/mol. The molecule has 0 unspecified atom stereocenters. The van der Waals surface area contributed by atoms with Gasteiger partial charge in [0.05, 0.1) is 5.54 Å². The standard InChI is InChI=1S/C15H18N2O/c1-11-12-6-2-3-7-13(12)14(18)17(11)15(10-16)8-4-5-9-15/h2-3,6-7H,1,4-5,8-10,16H2. The summed E-state index contributed by atoms with van der Waals surface area (Å²) in [6.07, 6.45) is 4.26. The van der Waals surface area contributed by atoms with E-state index in [4.69, 9.17) is 5.73 Å². The summed E-state index contributed by atoms with van der Waals surface area (Å²) in [5, 5.41) is 0. The van der Waals surface area contributed by atoms with Gasteiger partial charge in [-0.2, -0.15) is 0 Å². The van der Waals surface area contributed by atoms with Crippen molar-refractivity contribution in [3.63, 3.8) is 0 Å². The molecule has 94 valence electrons. The first-order valence-electron chi connectivity index (χ1n) is 6.52. The van der Waals surface area contributed by atoms with E-state index in [1.165, 1.54) is 0 Å². The summed E-state index contributed by atoms with van der Waals surface area (Å²) in [4.78, 5) is 14.4. The fraction of sp³-hybridized carbons (Fsp3) is 0.400. The SMILES string of the molecule is C=C1c2ccccc2C(=O)N1C1(CN)CCCC1. The topological polar surface area (TPSA) is 46.3 Å². The largest absolute Gasteiger partial charge is 0.328 e. The molecule has 3 rings (SSSR count). The van der Waals surface area contributed by atoms with Crippen LogP contribution in [0, 0.1) is 0 Å². The number of hydrogen-bond donors (Lipinski definition) is 1.